The van der Waals surface area contributed by atoms with E-state index in [2.05, 4.69) is 46.7 Å². The van der Waals surface area contributed by atoms with Crippen molar-refractivity contribution < 1.29 is 0 Å². The van der Waals surface area contributed by atoms with Gasteiger partial charge in [-0.05, 0) is 40.9 Å². The first-order chi connectivity index (χ1) is 8.70. The zero-order valence-electron chi connectivity index (χ0n) is 10.8. The number of aromatic nitrogens is 1. The molecule has 0 fully saturated rings. The Kier molecular flexibility index (Phi) is 4.33. The SMILES string of the molecule is CC[C@H](N)c1ccc(N(C)Cc2ccsc2)cn1. The molecule has 1 atom stereocenters. The Morgan fingerprint density at radius 1 is 1.39 bits per heavy atom. The minimum Gasteiger partial charge on any atom is -0.369 e. The minimum atomic E-state index is 0.0428. The molecule has 0 radical (unpaired) electrons. The summed E-state index contributed by atoms with van der Waals surface area (Å²) in [4.78, 5) is 6.63. The van der Waals surface area contributed by atoms with Crippen LogP contribution in [0.15, 0.2) is 35.2 Å². The first-order valence-electron chi connectivity index (χ1n) is 6.14. The van der Waals surface area contributed by atoms with Crippen LogP contribution < -0.4 is 10.6 Å². The Morgan fingerprint density at radius 3 is 2.78 bits per heavy atom. The van der Waals surface area contributed by atoms with Crippen LogP contribution in [0.25, 0.3) is 0 Å². The van der Waals surface area contributed by atoms with Gasteiger partial charge >= 0.3 is 0 Å². The molecule has 2 N–H and O–H groups in total. The molecule has 0 saturated carbocycles. The lowest BCUT2D eigenvalue weighted by Gasteiger charge is -2.19. The molecule has 96 valence electrons. The standard InChI is InChI=1S/C14H19N3S/c1-3-13(15)14-5-4-12(8-16-14)17(2)9-11-6-7-18-10-11/h4-8,10,13H,3,9,15H2,1-2H3/t13-/m0/s1. The molecule has 2 aromatic rings. The highest BCUT2D eigenvalue weighted by Crippen LogP contribution is 2.18. The van der Waals surface area contributed by atoms with Crippen LogP contribution in [0.1, 0.15) is 30.6 Å². The summed E-state index contributed by atoms with van der Waals surface area (Å²) in [5, 5.41) is 4.27. The van der Waals surface area contributed by atoms with E-state index in [1.165, 1.54) is 5.56 Å². The van der Waals surface area contributed by atoms with Crippen molar-refractivity contribution in [3.63, 3.8) is 0 Å². The summed E-state index contributed by atoms with van der Waals surface area (Å²) < 4.78 is 0. The van der Waals surface area contributed by atoms with E-state index in [0.29, 0.717) is 0 Å². The highest BCUT2D eigenvalue weighted by atomic mass is 32.1. The molecular weight excluding hydrogens is 242 g/mol. The summed E-state index contributed by atoms with van der Waals surface area (Å²) in [6.07, 6.45) is 2.81. The fourth-order valence-electron chi connectivity index (χ4n) is 1.80. The van der Waals surface area contributed by atoms with Crippen molar-refractivity contribution in [2.24, 2.45) is 5.73 Å². The number of anilines is 1. The summed E-state index contributed by atoms with van der Waals surface area (Å²) in [5.74, 6) is 0. The van der Waals surface area contributed by atoms with Crippen LogP contribution in [0.4, 0.5) is 5.69 Å². The fourth-order valence-corrected chi connectivity index (χ4v) is 2.46. The fraction of sp³-hybridized carbons (Fsp3) is 0.357. The van der Waals surface area contributed by atoms with Crippen molar-refractivity contribution in [2.75, 3.05) is 11.9 Å². The molecular formula is C14H19N3S. The van der Waals surface area contributed by atoms with Crippen LogP contribution in [-0.4, -0.2) is 12.0 Å². The lowest BCUT2D eigenvalue weighted by molar-refractivity contribution is 0.675. The van der Waals surface area contributed by atoms with Gasteiger partial charge in [0.25, 0.3) is 0 Å². The molecule has 0 saturated heterocycles. The second-order valence-electron chi connectivity index (χ2n) is 4.44. The number of hydrogen-bond donors (Lipinski definition) is 1. The number of nitrogens with two attached hydrogens (primary N) is 1. The Labute approximate surface area is 112 Å². The Bertz CT molecular complexity index is 464. The van der Waals surface area contributed by atoms with E-state index >= 15 is 0 Å². The van der Waals surface area contributed by atoms with E-state index in [1.807, 2.05) is 12.3 Å². The zero-order chi connectivity index (χ0) is 13.0. The molecule has 0 aliphatic heterocycles. The van der Waals surface area contributed by atoms with Crippen LogP contribution >= 0.6 is 11.3 Å². The predicted octanol–water partition coefficient (Wildman–Crippen LogP) is 3.19. The second kappa shape index (κ2) is 5.98. The molecule has 0 aliphatic rings. The zero-order valence-corrected chi connectivity index (χ0v) is 11.7. The summed E-state index contributed by atoms with van der Waals surface area (Å²) in [7, 11) is 2.08. The summed E-state index contributed by atoms with van der Waals surface area (Å²) >= 11 is 1.73. The third-order valence-corrected chi connectivity index (χ3v) is 3.76. The van der Waals surface area contributed by atoms with E-state index in [0.717, 1.165) is 24.3 Å². The van der Waals surface area contributed by atoms with Crippen LogP contribution in [0.2, 0.25) is 0 Å². The first-order valence-corrected chi connectivity index (χ1v) is 7.08. The Morgan fingerprint density at radius 2 is 2.22 bits per heavy atom. The number of hydrogen-bond acceptors (Lipinski definition) is 4. The lowest BCUT2D eigenvalue weighted by atomic mass is 10.1. The third kappa shape index (κ3) is 3.09. The molecule has 2 heterocycles. The van der Waals surface area contributed by atoms with Gasteiger partial charge in [0.2, 0.25) is 0 Å². The van der Waals surface area contributed by atoms with Gasteiger partial charge in [0.1, 0.15) is 0 Å². The van der Waals surface area contributed by atoms with Crippen molar-refractivity contribution in [1.29, 1.82) is 0 Å². The van der Waals surface area contributed by atoms with Crippen molar-refractivity contribution in [3.8, 4) is 0 Å². The number of rotatable bonds is 5. The van der Waals surface area contributed by atoms with Crippen LogP contribution in [0.3, 0.4) is 0 Å². The molecule has 0 bridgehead atoms. The highest BCUT2D eigenvalue weighted by Gasteiger charge is 2.07. The maximum atomic E-state index is 5.96. The van der Waals surface area contributed by atoms with Crippen LogP contribution in [-0.2, 0) is 6.54 Å². The predicted molar refractivity (Wildman–Crippen MR) is 77.9 cm³/mol. The van der Waals surface area contributed by atoms with Gasteiger partial charge in [-0.3, -0.25) is 4.98 Å². The topological polar surface area (TPSA) is 42.1 Å². The van der Waals surface area contributed by atoms with Crippen molar-refractivity contribution >= 4 is 17.0 Å². The van der Waals surface area contributed by atoms with Crippen molar-refractivity contribution in [2.45, 2.75) is 25.9 Å². The van der Waals surface area contributed by atoms with E-state index in [4.69, 9.17) is 5.73 Å². The number of thiophene rings is 1. The molecule has 2 rings (SSSR count). The molecule has 0 aliphatic carbocycles. The molecule has 3 nitrogen and oxygen atoms in total. The molecule has 0 aromatic carbocycles. The Balaban J connectivity index is 2.04. The van der Waals surface area contributed by atoms with E-state index < -0.39 is 0 Å². The van der Waals surface area contributed by atoms with Crippen molar-refractivity contribution in [1.82, 2.24) is 4.98 Å². The van der Waals surface area contributed by atoms with Crippen LogP contribution in [0, 0.1) is 0 Å². The lowest BCUT2D eigenvalue weighted by Crippen LogP contribution is -2.17. The quantitative estimate of drug-likeness (QED) is 0.898. The maximum absolute atomic E-state index is 5.96. The summed E-state index contributed by atoms with van der Waals surface area (Å²) in [6.45, 7) is 2.98. The first kappa shape index (κ1) is 13.1. The van der Waals surface area contributed by atoms with Gasteiger partial charge in [-0.2, -0.15) is 11.3 Å². The summed E-state index contributed by atoms with van der Waals surface area (Å²) in [6, 6.07) is 6.30. The van der Waals surface area contributed by atoms with E-state index in [9.17, 15) is 0 Å². The normalized spacial score (nSPS) is 12.4. The molecule has 0 spiro atoms. The average Bonchev–Trinajstić information content (AvgIpc) is 2.91. The summed E-state index contributed by atoms with van der Waals surface area (Å²) in [5.41, 5.74) is 9.37. The second-order valence-corrected chi connectivity index (χ2v) is 5.22. The Hall–Kier alpha value is -1.39. The smallest absolute Gasteiger partial charge is 0.0572 e. The van der Waals surface area contributed by atoms with Gasteiger partial charge in [0.15, 0.2) is 0 Å². The molecule has 18 heavy (non-hydrogen) atoms. The third-order valence-electron chi connectivity index (χ3n) is 3.03. The van der Waals surface area contributed by atoms with Gasteiger partial charge < -0.3 is 10.6 Å². The maximum Gasteiger partial charge on any atom is 0.0572 e. The number of pyridine rings is 1. The van der Waals surface area contributed by atoms with Gasteiger partial charge in [-0.15, -0.1) is 0 Å². The van der Waals surface area contributed by atoms with Gasteiger partial charge in [-0.25, -0.2) is 0 Å². The van der Waals surface area contributed by atoms with E-state index in [1.54, 1.807) is 11.3 Å². The highest BCUT2D eigenvalue weighted by molar-refractivity contribution is 7.07. The van der Waals surface area contributed by atoms with Gasteiger partial charge in [0.05, 0.1) is 17.6 Å². The largest absolute Gasteiger partial charge is 0.369 e. The van der Waals surface area contributed by atoms with Gasteiger partial charge in [0, 0.05) is 19.6 Å². The molecule has 2 aromatic heterocycles. The number of nitrogens with zero attached hydrogens (tertiary/aromatic N) is 2. The minimum absolute atomic E-state index is 0.0428. The van der Waals surface area contributed by atoms with Crippen LogP contribution in [0.5, 0.6) is 0 Å². The molecule has 0 unspecified atom stereocenters. The monoisotopic (exact) mass is 261 g/mol. The molecule has 0 amide bonds. The van der Waals surface area contributed by atoms with E-state index in [-0.39, 0.29) is 6.04 Å². The van der Waals surface area contributed by atoms with Gasteiger partial charge in [-0.1, -0.05) is 6.92 Å². The molecule has 4 heteroatoms. The average molecular weight is 261 g/mol. The van der Waals surface area contributed by atoms with Crippen molar-refractivity contribution in [3.05, 3.63) is 46.4 Å².